The number of carbonyl (C=O) groups is 1. The Morgan fingerprint density at radius 2 is 1.62 bits per heavy atom. The highest BCUT2D eigenvalue weighted by Gasteiger charge is 2.10. The van der Waals surface area contributed by atoms with E-state index in [1.807, 2.05) is 31.2 Å². The maximum Gasteiger partial charge on any atom is 0.251 e. The Balaban J connectivity index is 1.64. The third-order valence-electron chi connectivity index (χ3n) is 4.26. The van der Waals surface area contributed by atoms with E-state index in [0.29, 0.717) is 12.6 Å². The van der Waals surface area contributed by atoms with Crippen LogP contribution in [0.25, 0.3) is 0 Å². The number of rotatable bonds is 5. The van der Waals surface area contributed by atoms with Gasteiger partial charge in [0.15, 0.2) is 0 Å². The fraction of sp³-hybridized carbons (Fsp3) is 0.611. The minimum atomic E-state index is 0.0227. The van der Waals surface area contributed by atoms with E-state index in [1.54, 1.807) is 0 Å². The van der Waals surface area contributed by atoms with Crippen molar-refractivity contribution >= 4 is 5.91 Å². The Kier molecular flexibility index (Phi) is 6.74. The first-order valence-electron chi connectivity index (χ1n) is 8.34. The second-order valence-electron chi connectivity index (χ2n) is 6.12. The summed E-state index contributed by atoms with van der Waals surface area (Å²) in [4.78, 5) is 12.0. The first kappa shape index (κ1) is 16.0. The average molecular weight is 288 g/mol. The molecule has 0 aromatic heterocycles. The number of hydrogen-bond donors (Lipinski definition) is 2. The van der Waals surface area contributed by atoms with Gasteiger partial charge in [0, 0.05) is 24.7 Å². The Hall–Kier alpha value is -1.35. The van der Waals surface area contributed by atoms with Crippen LogP contribution in [0.5, 0.6) is 0 Å². The van der Waals surface area contributed by atoms with Gasteiger partial charge in [0.2, 0.25) is 0 Å². The molecule has 0 unspecified atom stereocenters. The van der Waals surface area contributed by atoms with E-state index >= 15 is 0 Å². The summed E-state index contributed by atoms with van der Waals surface area (Å²) in [5.74, 6) is 0.0227. The van der Waals surface area contributed by atoms with Crippen LogP contribution in [0.1, 0.15) is 60.9 Å². The van der Waals surface area contributed by atoms with Crippen molar-refractivity contribution in [2.75, 3.05) is 13.1 Å². The number of hydrogen-bond acceptors (Lipinski definition) is 2. The number of aryl methyl sites for hydroxylation is 1. The molecule has 21 heavy (non-hydrogen) atoms. The summed E-state index contributed by atoms with van der Waals surface area (Å²) < 4.78 is 0. The summed E-state index contributed by atoms with van der Waals surface area (Å²) in [6.07, 6.45) is 9.41. The third kappa shape index (κ3) is 5.88. The Bertz CT molecular complexity index is 419. The topological polar surface area (TPSA) is 41.1 Å². The van der Waals surface area contributed by atoms with E-state index in [0.717, 1.165) is 12.1 Å². The first-order chi connectivity index (χ1) is 10.3. The van der Waals surface area contributed by atoms with Crippen LogP contribution in [0.15, 0.2) is 24.3 Å². The Labute approximate surface area is 128 Å². The van der Waals surface area contributed by atoms with Crippen LogP contribution < -0.4 is 10.6 Å². The van der Waals surface area contributed by atoms with E-state index in [4.69, 9.17) is 0 Å². The monoisotopic (exact) mass is 288 g/mol. The van der Waals surface area contributed by atoms with Gasteiger partial charge < -0.3 is 10.6 Å². The van der Waals surface area contributed by atoms with Crippen molar-refractivity contribution in [3.63, 3.8) is 0 Å². The molecule has 1 fully saturated rings. The number of nitrogens with one attached hydrogen (secondary N) is 2. The molecule has 1 aliphatic rings. The molecule has 1 saturated carbocycles. The minimum Gasteiger partial charge on any atom is -0.351 e. The van der Waals surface area contributed by atoms with Gasteiger partial charge in [0.25, 0.3) is 5.91 Å². The van der Waals surface area contributed by atoms with Crippen LogP contribution in [-0.4, -0.2) is 25.0 Å². The molecule has 1 amide bonds. The lowest BCUT2D eigenvalue weighted by molar-refractivity contribution is 0.0953. The number of carbonyl (C=O) groups excluding carboxylic acids is 1. The zero-order chi connectivity index (χ0) is 14.9. The van der Waals surface area contributed by atoms with Gasteiger partial charge in [-0.2, -0.15) is 0 Å². The van der Waals surface area contributed by atoms with E-state index in [9.17, 15) is 4.79 Å². The summed E-state index contributed by atoms with van der Waals surface area (Å²) in [5, 5.41) is 6.58. The normalized spacial score (nSPS) is 17.0. The van der Waals surface area contributed by atoms with Gasteiger partial charge in [0.05, 0.1) is 0 Å². The molecule has 3 heteroatoms. The van der Waals surface area contributed by atoms with Crippen molar-refractivity contribution in [1.29, 1.82) is 0 Å². The molecule has 2 rings (SSSR count). The molecule has 2 N–H and O–H groups in total. The summed E-state index contributed by atoms with van der Waals surface area (Å²) >= 11 is 0. The van der Waals surface area contributed by atoms with Crippen LogP contribution in [0.2, 0.25) is 0 Å². The van der Waals surface area contributed by atoms with E-state index in [1.165, 1.54) is 50.5 Å². The average Bonchev–Trinajstić information content (AvgIpc) is 2.45. The highest BCUT2D eigenvalue weighted by molar-refractivity contribution is 5.94. The third-order valence-corrected chi connectivity index (χ3v) is 4.26. The van der Waals surface area contributed by atoms with Crippen molar-refractivity contribution in [3.8, 4) is 0 Å². The highest BCUT2D eigenvalue weighted by Crippen LogP contribution is 2.16. The van der Waals surface area contributed by atoms with Gasteiger partial charge in [0.1, 0.15) is 0 Å². The SMILES string of the molecule is Cc1ccc(C(=O)NCCNC2CCCCCCC2)cc1. The first-order valence-corrected chi connectivity index (χ1v) is 8.34. The van der Waals surface area contributed by atoms with Crippen LogP contribution >= 0.6 is 0 Å². The molecule has 1 aliphatic carbocycles. The zero-order valence-corrected chi connectivity index (χ0v) is 13.2. The van der Waals surface area contributed by atoms with Crippen molar-refractivity contribution < 1.29 is 4.79 Å². The fourth-order valence-corrected chi connectivity index (χ4v) is 2.92. The summed E-state index contributed by atoms with van der Waals surface area (Å²) in [6.45, 7) is 3.59. The molecule has 0 aliphatic heterocycles. The van der Waals surface area contributed by atoms with Gasteiger partial charge in [-0.25, -0.2) is 0 Å². The van der Waals surface area contributed by atoms with Crippen LogP contribution in [0, 0.1) is 6.92 Å². The maximum absolute atomic E-state index is 12.0. The van der Waals surface area contributed by atoms with Gasteiger partial charge in [-0.3, -0.25) is 4.79 Å². The van der Waals surface area contributed by atoms with Gasteiger partial charge in [-0.15, -0.1) is 0 Å². The number of amides is 1. The van der Waals surface area contributed by atoms with Crippen molar-refractivity contribution in [2.45, 2.75) is 57.9 Å². The fourth-order valence-electron chi connectivity index (χ4n) is 2.92. The van der Waals surface area contributed by atoms with Gasteiger partial charge in [-0.1, -0.05) is 49.8 Å². The van der Waals surface area contributed by atoms with Crippen LogP contribution in [-0.2, 0) is 0 Å². The molecule has 0 atom stereocenters. The predicted molar refractivity (Wildman–Crippen MR) is 87.6 cm³/mol. The van der Waals surface area contributed by atoms with E-state index in [2.05, 4.69) is 10.6 Å². The molecule has 3 nitrogen and oxygen atoms in total. The molecule has 1 aromatic rings. The quantitative estimate of drug-likeness (QED) is 0.815. The smallest absolute Gasteiger partial charge is 0.251 e. The van der Waals surface area contributed by atoms with Crippen molar-refractivity contribution in [1.82, 2.24) is 10.6 Å². The molecule has 0 heterocycles. The van der Waals surface area contributed by atoms with Gasteiger partial charge in [-0.05, 0) is 31.9 Å². The summed E-state index contributed by atoms with van der Waals surface area (Å²) in [7, 11) is 0. The van der Waals surface area contributed by atoms with Gasteiger partial charge >= 0.3 is 0 Å². The molecule has 1 aromatic carbocycles. The molecular formula is C18H28N2O. The lowest BCUT2D eigenvalue weighted by Crippen LogP contribution is -2.37. The van der Waals surface area contributed by atoms with Crippen LogP contribution in [0.3, 0.4) is 0 Å². The summed E-state index contributed by atoms with van der Waals surface area (Å²) in [5.41, 5.74) is 1.92. The molecule has 0 saturated heterocycles. The van der Waals surface area contributed by atoms with E-state index < -0.39 is 0 Å². The Morgan fingerprint density at radius 1 is 1.00 bits per heavy atom. The number of benzene rings is 1. The Morgan fingerprint density at radius 3 is 2.29 bits per heavy atom. The molecular weight excluding hydrogens is 260 g/mol. The summed E-state index contributed by atoms with van der Waals surface area (Å²) in [6, 6.07) is 8.35. The molecule has 116 valence electrons. The molecule has 0 spiro atoms. The maximum atomic E-state index is 12.0. The predicted octanol–water partition coefficient (Wildman–Crippen LogP) is 3.43. The lowest BCUT2D eigenvalue weighted by Gasteiger charge is -2.21. The second kappa shape index (κ2) is 8.83. The second-order valence-corrected chi connectivity index (χ2v) is 6.12. The van der Waals surface area contributed by atoms with E-state index in [-0.39, 0.29) is 5.91 Å². The largest absolute Gasteiger partial charge is 0.351 e. The van der Waals surface area contributed by atoms with Crippen molar-refractivity contribution in [2.24, 2.45) is 0 Å². The molecule has 0 bridgehead atoms. The zero-order valence-electron chi connectivity index (χ0n) is 13.2. The molecule has 0 radical (unpaired) electrons. The van der Waals surface area contributed by atoms with Crippen LogP contribution in [0.4, 0.5) is 0 Å². The minimum absolute atomic E-state index is 0.0227. The lowest BCUT2D eigenvalue weighted by atomic mass is 9.97. The standard InChI is InChI=1S/C18H28N2O/c1-15-9-11-16(12-10-15)18(21)20-14-13-19-17-7-5-3-2-4-6-8-17/h9-12,17,19H,2-8,13-14H2,1H3,(H,20,21). The van der Waals surface area contributed by atoms with Crippen molar-refractivity contribution in [3.05, 3.63) is 35.4 Å². The highest BCUT2D eigenvalue weighted by atomic mass is 16.1.